The predicted octanol–water partition coefficient (Wildman–Crippen LogP) is 5.02. The first kappa shape index (κ1) is 23.5. The number of unbranched alkanes of at least 4 members (excludes halogenated alkanes) is 1. The van der Waals surface area contributed by atoms with E-state index in [9.17, 15) is 9.59 Å². The quantitative estimate of drug-likeness (QED) is 0.463. The molecule has 6 heteroatoms. The summed E-state index contributed by atoms with van der Waals surface area (Å²) in [4.78, 5) is 27.3. The van der Waals surface area contributed by atoms with Gasteiger partial charge in [-0.05, 0) is 36.6 Å². The summed E-state index contributed by atoms with van der Waals surface area (Å²) in [5, 5.41) is 2.95. The van der Waals surface area contributed by atoms with Gasteiger partial charge in [-0.15, -0.1) is 11.8 Å². The van der Waals surface area contributed by atoms with Crippen molar-refractivity contribution in [2.45, 2.75) is 45.0 Å². The second-order valence-electron chi connectivity index (χ2n) is 6.95. The fourth-order valence-electron chi connectivity index (χ4n) is 2.82. The summed E-state index contributed by atoms with van der Waals surface area (Å²) in [5.74, 6) is 0.998. The third kappa shape index (κ3) is 8.23. The number of nitrogens with zero attached hydrogens (tertiary/aromatic N) is 1. The van der Waals surface area contributed by atoms with Crippen LogP contribution in [0, 0.1) is 0 Å². The van der Waals surface area contributed by atoms with Gasteiger partial charge in [-0.1, -0.05) is 71.7 Å². The van der Waals surface area contributed by atoms with Crippen LogP contribution in [0.3, 0.4) is 0 Å². The Bertz CT molecular complexity index is 768. The van der Waals surface area contributed by atoms with Gasteiger partial charge in [0.25, 0.3) is 0 Å². The van der Waals surface area contributed by atoms with E-state index in [1.807, 2.05) is 42.5 Å². The Balaban J connectivity index is 2.02. The van der Waals surface area contributed by atoms with Crippen molar-refractivity contribution in [2.24, 2.45) is 0 Å². The summed E-state index contributed by atoms with van der Waals surface area (Å²) >= 11 is 5.01. The number of thioether (sulfide) groups is 1. The first-order valence-electron chi connectivity index (χ1n) is 9.94. The highest BCUT2D eigenvalue weighted by Gasteiger charge is 2.25. The molecule has 1 N–H and O–H groups in total. The smallest absolute Gasteiger partial charge is 0.242 e. The molecule has 0 fully saturated rings. The van der Waals surface area contributed by atoms with E-state index in [1.165, 1.54) is 5.56 Å². The Hall–Kier alpha value is -1.79. The summed E-state index contributed by atoms with van der Waals surface area (Å²) in [7, 11) is 0. The number of carbonyl (C=O) groups is 2. The minimum atomic E-state index is -0.514. The number of rotatable bonds is 11. The zero-order valence-corrected chi connectivity index (χ0v) is 19.5. The molecule has 1 atom stereocenters. The van der Waals surface area contributed by atoms with E-state index in [0.29, 0.717) is 18.8 Å². The van der Waals surface area contributed by atoms with E-state index in [2.05, 4.69) is 40.3 Å². The second-order valence-corrected chi connectivity index (χ2v) is 8.85. The van der Waals surface area contributed by atoms with Crippen LogP contribution in [0.1, 0.15) is 37.8 Å². The molecule has 0 spiro atoms. The Labute approximate surface area is 186 Å². The number of hydrogen-bond acceptors (Lipinski definition) is 3. The Morgan fingerprint density at radius 3 is 2.41 bits per heavy atom. The van der Waals surface area contributed by atoms with Crippen molar-refractivity contribution >= 4 is 39.5 Å². The molecule has 2 aromatic carbocycles. The largest absolute Gasteiger partial charge is 0.354 e. The lowest BCUT2D eigenvalue weighted by atomic mass is 10.1. The lowest BCUT2D eigenvalue weighted by Gasteiger charge is -2.29. The van der Waals surface area contributed by atoms with Crippen LogP contribution < -0.4 is 5.32 Å². The van der Waals surface area contributed by atoms with Crippen LogP contribution in [-0.4, -0.2) is 35.1 Å². The number of nitrogens with one attached hydrogen (secondary N) is 1. The third-order valence-corrected chi connectivity index (χ3v) is 6.12. The molecule has 4 nitrogen and oxygen atoms in total. The van der Waals surface area contributed by atoms with Gasteiger partial charge in [0.1, 0.15) is 6.04 Å². The summed E-state index contributed by atoms with van der Waals surface area (Å²) in [6, 6.07) is 17.4. The number of amides is 2. The fourth-order valence-corrected chi connectivity index (χ4v) is 3.95. The molecular formula is C23H29BrN2O2S. The first-order chi connectivity index (χ1) is 14.0. The molecule has 0 aliphatic heterocycles. The van der Waals surface area contributed by atoms with E-state index in [-0.39, 0.29) is 11.8 Å². The third-order valence-electron chi connectivity index (χ3n) is 4.60. The SMILES string of the molecule is CCCCNC(=O)C(C)N(Cc1ccc(Br)cc1)C(=O)CSCc1ccccc1. The van der Waals surface area contributed by atoms with Crippen LogP contribution in [-0.2, 0) is 21.9 Å². The maximum absolute atomic E-state index is 13.0. The molecule has 29 heavy (non-hydrogen) atoms. The van der Waals surface area contributed by atoms with Crippen molar-refractivity contribution < 1.29 is 9.59 Å². The molecule has 0 aliphatic rings. The van der Waals surface area contributed by atoms with Gasteiger partial charge in [0.2, 0.25) is 11.8 Å². The normalized spacial score (nSPS) is 11.7. The number of carbonyl (C=O) groups excluding carboxylic acids is 2. The molecule has 0 aromatic heterocycles. The summed E-state index contributed by atoms with van der Waals surface area (Å²) in [6.45, 7) is 4.95. The van der Waals surface area contributed by atoms with Gasteiger partial charge in [-0.25, -0.2) is 0 Å². The first-order valence-corrected chi connectivity index (χ1v) is 11.9. The number of benzene rings is 2. The Morgan fingerprint density at radius 1 is 1.07 bits per heavy atom. The molecule has 0 radical (unpaired) electrons. The summed E-state index contributed by atoms with van der Waals surface area (Å²) in [6.07, 6.45) is 1.96. The van der Waals surface area contributed by atoms with Crippen LogP contribution in [0.15, 0.2) is 59.1 Å². The van der Waals surface area contributed by atoms with Crippen LogP contribution >= 0.6 is 27.7 Å². The van der Waals surface area contributed by atoms with Gasteiger partial charge < -0.3 is 10.2 Å². The molecule has 0 saturated heterocycles. The highest BCUT2D eigenvalue weighted by molar-refractivity contribution is 9.10. The van der Waals surface area contributed by atoms with Crippen LogP contribution in [0.5, 0.6) is 0 Å². The summed E-state index contributed by atoms with van der Waals surface area (Å²) < 4.78 is 0.989. The molecule has 1 unspecified atom stereocenters. The van der Waals surface area contributed by atoms with Crippen LogP contribution in [0.4, 0.5) is 0 Å². The highest BCUT2D eigenvalue weighted by Crippen LogP contribution is 2.17. The van der Waals surface area contributed by atoms with Crippen LogP contribution in [0.2, 0.25) is 0 Å². The zero-order chi connectivity index (χ0) is 21.1. The average Bonchev–Trinajstić information content (AvgIpc) is 2.73. The molecule has 0 heterocycles. The van der Waals surface area contributed by atoms with E-state index in [1.54, 1.807) is 23.6 Å². The number of halogens is 1. The molecule has 2 amide bonds. The van der Waals surface area contributed by atoms with Crippen molar-refractivity contribution in [3.63, 3.8) is 0 Å². The van der Waals surface area contributed by atoms with Crippen molar-refractivity contribution in [1.29, 1.82) is 0 Å². The molecule has 0 bridgehead atoms. The van der Waals surface area contributed by atoms with Gasteiger partial charge in [-0.2, -0.15) is 0 Å². The Kier molecular flexibility index (Phi) is 10.3. The van der Waals surface area contributed by atoms with Crippen LogP contribution in [0.25, 0.3) is 0 Å². The monoisotopic (exact) mass is 476 g/mol. The standard InChI is InChI=1S/C23H29BrN2O2S/c1-3-4-14-25-23(28)18(2)26(15-19-10-12-21(24)13-11-19)22(27)17-29-16-20-8-6-5-7-9-20/h5-13,18H,3-4,14-17H2,1-2H3,(H,25,28). The molecule has 0 aliphatic carbocycles. The van der Waals surface area contributed by atoms with Gasteiger partial charge in [-0.3, -0.25) is 9.59 Å². The number of hydrogen-bond donors (Lipinski definition) is 1. The second kappa shape index (κ2) is 12.7. The van der Waals surface area contributed by atoms with E-state index < -0.39 is 6.04 Å². The van der Waals surface area contributed by atoms with E-state index >= 15 is 0 Å². The van der Waals surface area contributed by atoms with Gasteiger partial charge in [0.15, 0.2) is 0 Å². The lowest BCUT2D eigenvalue weighted by Crippen LogP contribution is -2.48. The molecule has 2 rings (SSSR count). The minimum absolute atomic E-state index is 0.0213. The molecule has 156 valence electrons. The maximum atomic E-state index is 13.0. The fraction of sp³-hybridized carbons (Fsp3) is 0.391. The minimum Gasteiger partial charge on any atom is -0.354 e. The van der Waals surface area contributed by atoms with Crippen molar-refractivity contribution in [1.82, 2.24) is 10.2 Å². The van der Waals surface area contributed by atoms with E-state index in [0.717, 1.165) is 28.6 Å². The molecular weight excluding hydrogens is 448 g/mol. The average molecular weight is 477 g/mol. The lowest BCUT2D eigenvalue weighted by molar-refractivity contribution is -0.138. The zero-order valence-electron chi connectivity index (χ0n) is 17.1. The van der Waals surface area contributed by atoms with E-state index in [4.69, 9.17) is 0 Å². The van der Waals surface area contributed by atoms with Crippen molar-refractivity contribution in [3.05, 3.63) is 70.2 Å². The van der Waals surface area contributed by atoms with Gasteiger partial charge in [0, 0.05) is 23.3 Å². The van der Waals surface area contributed by atoms with Gasteiger partial charge in [0.05, 0.1) is 5.75 Å². The van der Waals surface area contributed by atoms with Crippen molar-refractivity contribution in [3.8, 4) is 0 Å². The predicted molar refractivity (Wildman–Crippen MR) is 125 cm³/mol. The van der Waals surface area contributed by atoms with Gasteiger partial charge >= 0.3 is 0 Å². The topological polar surface area (TPSA) is 49.4 Å². The Morgan fingerprint density at radius 2 is 1.76 bits per heavy atom. The molecule has 2 aromatic rings. The highest BCUT2D eigenvalue weighted by atomic mass is 79.9. The maximum Gasteiger partial charge on any atom is 0.242 e. The summed E-state index contributed by atoms with van der Waals surface area (Å²) in [5.41, 5.74) is 2.19. The molecule has 0 saturated carbocycles. The van der Waals surface area contributed by atoms with Crippen molar-refractivity contribution in [2.75, 3.05) is 12.3 Å².